The molecule has 1 heterocycles. The summed E-state index contributed by atoms with van der Waals surface area (Å²) >= 11 is 3.44. The van der Waals surface area contributed by atoms with Crippen LogP contribution in [0.3, 0.4) is 0 Å². The molecular weight excluding hydrogens is 278 g/mol. The highest BCUT2D eigenvalue weighted by atomic mass is 79.9. The summed E-state index contributed by atoms with van der Waals surface area (Å²) in [5.74, 6) is 0. The van der Waals surface area contributed by atoms with E-state index in [0.29, 0.717) is 0 Å². The zero-order chi connectivity index (χ0) is 12.4. The molecule has 2 atom stereocenters. The molecule has 0 saturated carbocycles. The molecule has 0 spiro atoms. The lowest BCUT2D eigenvalue weighted by atomic mass is 10.1. The van der Waals surface area contributed by atoms with Crippen LogP contribution >= 0.6 is 15.9 Å². The SMILES string of the molecule is CC(c1ccc(Br)cc1)n1cncc1[C@@H](C)N. The normalized spacial score (nSPS) is 14.6. The minimum absolute atomic E-state index is 0.00426. The van der Waals surface area contributed by atoms with Crippen LogP contribution in [-0.4, -0.2) is 9.55 Å². The maximum atomic E-state index is 5.93. The van der Waals surface area contributed by atoms with Crippen LogP contribution in [0.5, 0.6) is 0 Å². The van der Waals surface area contributed by atoms with Gasteiger partial charge in [-0.25, -0.2) is 4.98 Å². The molecule has 0 aliphatic carbocycles. The van der Waals surface area contributed by atoms with Crippen LogP contribution in [-0.2, 0) is 0 Å². The fraction of sp³-hybridized carbons (Fsp3) is 0.308. The first-order chi connectivity index (χ1) is 8.09. The topological polar surface area (TPSA) is 43.8 Å². The Morgan fingerprint density at radius 3 is 2.47 bits per heavy atom. The number of aromatic nitrogens is 2. The molecule has 0 saturated heterocycles. The summed E-state index contributed by atoms with van der Waals surface area (Å²) in [6, 6.07) is 8.56. The van der Waals surface area contributed by atoms with Crippen molar-refractivity contribution in [3.05, 3.63) is 52.5 Å². The number of nitrogens with two attached hydrogens (primary N) is 1. The molecular formula is C13H16BrN3. The highest BCUT2D eigenvalue weighted by Gasteiger charge is 2.13. The van der Waals surface area contributed by atoms with Gasteiger partial charge < -0.3 is 10.3 Å². The first kappa shape index (κ1) is 12.3. The molecule has 2 rings (SSSR count). The summed E-state index contributed by atoms with van der Waals surface area (Å²) in [6.45, 7) is 4.12. The molecule has 1 aromatic heterocycles. The Hall–Kier alpha value is -1.13. The van der Waals surface area contributed by atoms with Gasteiger partial charge >= 0.3 is 0 Å². The summed E-state index contributed by atoms with van der Waals surface area (Å²) in [6.07, 6.45) is 3.67. The van der Waals surface area contributed by atoms with Crippen molar-refractivity contribution < 1.29 is 0 Å². The molecule has 1 aromatic carbocycles. The summed E-state index contributed by atoms with van der Waals surface area (Å²) in [5.41, 5.74) is 8.23. The van der Waals surface area contributed by atoms with Crippen LogP contribution < -0.4 is 5.73 Å². The van der Waals surface area contributed by atoms with Gasteiger partial charge in [-0.15, -0.1) is 0 Å². The number of halogens is 1. The average Bonchev–Trinajstić information content (AvgIpc) is 2.78. The van der Waals surface area contributed by atoms with E-state index in [1.54, 1.807) is 0 Å². The van der Waals surface area contributed by atoms with Gasteiger partial charge in [0.15, 0.2) is 0 Å². The summed E-state index contributed by atoms with van der Waals surface area (Å²) in [4.78, 5) is 4.18. The van der Waals surface area contributed by atoms with Crippen LogP contribution in [0.25, 0.3) is 0 Å². The zero-order valence-electron chi connectivity index (χ0n) is 9.97. The van der Waals surface area contributed by atoms with Gasteiger partial charge in [0, 0.05) is 16.7 Å². The third-order valence-corrected chi connectivity index (χ3v) is 3.46. The van der Waals surface area contributed by atoms with Gasteiger partial charge in [0.1, 0.15) is 0 Å². The standard InChI is InChI=1S/C13H16BrN3/c1-9(15)13-7-16-8-17(13)10(2)11-3-5-12(14)6-4-11/h3-10H,15H2,1-2H3/t9-,10?/m1/s1. The van der Waals surface area contributed by atoms with E-state index in [4.69, 9.17) is 5.73 Å². The number of nitrogens with zero attached hydrogens (tertiary/aromatic N) is 2. The predicted octanol–water partition coefficient (Wildman–Crippen LogP) is 3.27. The van der Waals surface area contributed by atoms with Crippen LogP contribution in [0.2, 0.25) is 0 Å². The Kier molecular flexibility index (Phi) is 3.64. The van der Waals surface area contributed by atoms with Gasteiger partial charge in [0.2, 0.25) is 0 Å². The molecule has 1 unspecified atom stereocenters. The lowest BCUT2D eigenvalue weighted by Crippen LogP contribution is -2.15. The molecule has 17 heavy (non-hydrogen) atoms. The molecule has 90 valence electrons. The number of benzene rings is 1. The van der Waals surface area contributed by atoms with Gasteiger partial charge in [-0.2, -0.15) is 0 Å². The van der Waals surface area contributed by atoms with Crippen molar-refractivity contribution in [2.75, 3.05) is 0 Å². The van der Waals surface area contributed by atoms with Crippen LogP contribution in [0.4, 0.5) is 0 Å². The lowest BCUT2D eigenvalue weighted by Gasteiger charge is -2.18. The van der Waals surface area contributed by atoms with Crippen molar-refractivity contribution in [1.29, 1.82) is 0 Å². The van der Waals surface area contributed by atoms with Gasteiger partial charge in [-0.1, -0.05) is 28.1 Å². The largest absolute Gasteiger partial charge is 0.326 e. The van der Waals surface area contributed by atoms with Crippen molar-refractivity contribution in [3.63, 3.8) is 0 Å². The second-order valence-electron chi connectivity index (χ2n) is 4.24. The quantitative estimate of drug-likeness (QED) is 0.944. The molecule has 2 aromatic rings. The maximum absolute atomic E-state index is 5.93. The predicted molar refractivity (Wildman–Crippen MR) is 72.8 cm³/mol. The monoisotopic (exact) mass is 293 g/mol. The first-order valence-electron chi connectivity index (χ1n) is 5.62. The Bertz CT molecular complexity index is 488. The molecule has 0 aliphatic rings. The minimum Gasteiger partial charge on any atom is -0.326 e. The molecule has 0 bridgehead atoms. The Labute approximate surface area is 110 Å². The fourth-order valence-electron chi connectivity index (χ4n) is 1.89. The Morgan fingerprint density at radius 1 is 1.24 bits per heavy atom. The molecule has 3 nitrogen and oxygen atoms in total. The molecule has 4 heteroatoms. The highest BCUT2D eigenvalue weighted by Crippen LogP contribution is 2.23. The van der Waals surface area contributed by atoms with Crippen molar-refractivity contribution in [3.8, 4) is 0 Å². The fourth-order valence-corrected chi connectivity index (χ4v) is 2.16. The van der Waals surface area contributed by atoms with Crippen molar-refractivity contribution >= 4 is 15.9 Å². The number of hydrogen-bond acceptors (Lipinski definition) is 2. The van der Waals surface area contributed by atoms with E-state index in [1.165, 1.54) is 5.56 Å². The van der Waals surface area contributed by atoms with E-state index >= 15 is 0 Å². The van der Waals surface area contributed by atoms with Gasteiger partial charge in [-0.3, -0.25) is 0 Å². The van der Waals surface area contributed by atoms with Crippen LogP contribution in [0.15, 0.2) is 41.3 Å². The van der Waals surface area contributed by atoms with Gasteiger partial charge in [0.05, 0.1) is 18.1 Å². The molecule has 2 N–H and O–H groups in total. The van der Waals surface area contributed by atoms with E-state index in [0.717, 1.165) is 10.2 Å². The minimum atomic E-state index is -0.00426. The Morgan fingerprint density at radius 2 is 1.88 bits per heavy atom. The van der Waals surface area contributed by atoms with Gasteiger partial charge in [-0.05, 0) is 31.5 Å². The Balaban J connectivity index is 2.33. The highest BCUT2D eigenvalue weighted by molar-refractivity contribution is 9.10. The summed E-state index contributed by atoms with van der Waals surface area (Å²) in [7, 11) is 0. The third kappa shape index (κ3) is 2.58. The molecule has 0 radical (unpaired) electrons. The van der Waals surface area contributed by atoms with E-state index < -0.39 is 0 Å². The van der Waals surface area contributed by atoms with E-state index in [9.17, 15) is 0 Å². The zero-order valence-corrected chi connectivity index (χ0v) is 11.6. The number of imidazole rings is 1. The van der Waals surface area contributed by atoms with Crippen LogP contribution in [0, 0.1) is 0 Å². The summed E-state index contributed by atoms with van der Waals surface area (Å²) < 4.78 is 3.21. The summed E-state index contributed by atoms with van der Waals surface area (Å²) in [5, 5.41) is 0. The third-order valence-electron chi connectivity index (χ3n) is 2.93. The maximum Gasteiger partial charge on any atom is 0.0954 e. The van der Waals surface area contributed by atoms with E-state index in [1.807, 2.05) is 31.6 Å². The van der Waals surface area contributed by atoms with Crippen molar-refractivity contribution in [2.45, 2.75) is 25.9 Å². The second kappa shape index (κ2) is 5.02. The van der Waals surface area contributed by atoms with Crippen LogP contribution in [0.1, 0.15) is 37.2 Å². The molecule has 0 amide bonds. The van der Waals surface area contributed by atoms with E-state index in [2.05, 4.69) is 44.5 Å². The smallest absolute Gasteiger partial charge is 0.0954 e. The lowest BCUT2D eigenvalue weighted by molar-refractivity contribution is 0.582. The van der Waals surface area contributed by atoms with Crippen molar-refractivity contribution in [1.82, 2.24) is 9.55 Å². The number of rotatable bonds is 3. The second-order valence-corrected chi connectivity index (χ2v) is 5.16. The van der Waals surface area contributed by atoms with Crippen molar-refractivity contribution in [2.24, 2.45) is 5.73 Å². The average molecular weight is 294 g/mol. The molecule has 0 aliphatic heterocycles. The first-order valence-corrected chi connectivity index (χ1v) is 6.41. The van der Waals surface area contributed by atoms with Gasteiger partial charge in [0.25, 0.3) is 0 Å². The number of hydrogen-bond donors (Lipinski definition) is 1. The molecule has 0 fully saturated rings. The van der Waals surface area contributed by atoms with E-state index in [-0.39, 0.29) is 12.1 Å².